The van der Waals surface area contributed by atoms with Gasteiger partial charge in [0.1, 0.15) is 5.65 Å². The van der Waals surface area contributed by atoms with Crippen molar-refractivity contribution in [2.24, 2.45) is 0 Å². The molecule has 8 N–H and O–H groups in total. The van der Waals surface area contributed by atoms with Crippen LogP contribution in [0.1, 0.15) is 51.1 Å². The third kappa shape index (κ3) is 5.69. The lowest BCUT2D eigenvalue weighted by Gasteiger charge is -2.15. The SMILES string of the molecule is Nc1nc2[nH]c(CCNC(=O)c3cccc(C(=O)N[C@@H](CCC(=O)O)c4nnn[nH]4)c3)cc2c(=O)[nH]1. The summed E-state index contributed by atoms with van der Waals surface area (Å²) < 4.78 is 0. The molecule has 4 rings (SSSR count). The maximum atomic E-state index is 12.8. The first-order valence-electron chi connectivity index (χ1n) is 10.8. The molecule has 0 aliphatic carbocycles. The van der Waals surface area contributed by atoms with Gasteiger partial charge in [0.15, 0.2) is 5.82 Å². The van der Waals surface area contributed by atoms with E-state index in [2.05, 4.69) is 46.2 Å². The van der Waals surface area contributed by atoms with Crippen molar-refractivity contribution in [3.63, 3.8) is 0 Å². The van der Waals surface area contributed by atoms with E-state index in [1.807, 2.05) is 0 Å². The number of nitrogens with zero attached hydrogens (tertiary/aromatic N) is 4. The van der Waals surface area contributed by atoms with E-state index in [1.54, 1.807) is 18.2 Å². The van der Waals surface area contributed by atoms with Gasteiger partial charge in [-0.1, -0.05) is 6.07 Å². The van der Waals surface area contributed by atoms with Crippen molar-refractivity contribution in [3.05, 3.63) is 63.3 Å². The Kier molecular flexibility index (Phi) is 6.99. The zero-order valence-corrected chi connectivity index (χ0v) is 18.7. The molecule has 0 spiro atoms. The van der Waals surface area contributed by atoms with Gasteiger partial charge in [-0.05, 0) is 41.1 Å². The third-order valence-electron chi connectivity index (χ3n) is 5.28. The number of benzene rings is 1. The predicted octanol–water partition coefficient (Wildman–Crippen LogP) is -0.345. The minimum Gasteiger partial charge on any atom is -0.481 e. The average Bonchev–Trinajstić information content (AvgIpc) is 3.52. The van der Waals surface area contributed by atoms with Gasteiger partial charge in [-0.3, -0.25) is 24.2 Å². The lowest BCUT2D eigenvalue weighted by molar-refractivity contribution is -0.137. The van der Waals surface area contributed by atoms with Crippen molar-refractivity contribution in [2.45, 2.75) is 25.3 Å². The smallest absolute Gasteiger partial charge is 0.303 e. The number of aromatic amines is 3. The molecule has 2 amide bonds. The van der Waals surface area contributed by atoms with Crippen LogP contribution < -0.4 is 21.9 Å². The molecular weight excluding hydrogens is 472 g/mol. The van der Waals surface area contributed by atoms with E-state index < -0.39 is 23.8 Å². The van der Waals surface area contributed by atoms with Crippen LogP contribution in [0.5, 0.6) is 0 Å². The molecule has 186 valence electrons. The van der Waals surface area contributed by atoms with Crippen LogP contribution in [-0.2, 0) is 11.2 Å². The number of aliphatic carboxylic acids is 1. The average molecular weight is 494 g/mol. The predicted molar refractivity (Wildman–Crippen MR) is 125 cm³/mol. The fourth-order valence-electron chi connectivity index (χ4n) is 3.54. The van der Waals surface area contributed by atoms with Gasteiger partial charge in [-0.25, -0.2) is 5.10 Å². The van der Waals surface area contributed by atoms with Crippen molar-refractivity contribution in [1.82, 2.24) is 46.2 Å². The largest absolute Gasteiger partial charge is 0.481 e. The highest BCUT2D eigenvalue weighted by Gasteiger charge is 2.21. The van der Waals surface area contributed by atoms with Crippen LogP contribution in [0, 0.1) is 0 Å². The van der Waals surface area contributed by atoms with Crippen molar-refractivity contribution in [2.75, 3.05) is 12.3 Å². The number of nitrogens with two attached hydrogens (primary N) is 1. The van der Waals surface area contributed by atoms with Gasteiger partial charge in [0.05, 0.1) is 11.4 Å². The molecule has 0 saturated carbocycles. The topological polar surface area (TPSA) is 238 Å². The number of nitrogens with one attached hydrogen (secondary N) is 5. The number of carbonyl (C=O) groups is 3. The number of tetrazole rings is 1. The van der Waals surface area contributed by atoms with Crippen LogP contribution in [0.25, 0.3) is 11.0 Å². The quantitative estimate of drug-likeness (QED) is 0.151. The first-order chi connectivity index (χ1) is 17.3. The Hall–Kier alpha value is -5.08. The number of carboxylic acid groups (broad SMARTS) is 1. The number of fused-ring (bicyclic) bond motifs is 1. The number of rotatable bonds is 10. The Morgan fingerprint density at radius 3 is 2.61 bits per heavy atom. The first kappa shape index (κ1) is 24.1. The van der Waals surface area contributed by atoms with E-state index >= 15 is 0 Å². The number of hydrogen-bond acceptors (Lipinski definition) is 9. The molecule has 0 saturated heterocycles. The van der Waals surface area contributed by atoms with Crippen LogP contribution in [0.4, 0.5) is 5.95 Å². The Morgan fingerprint density at radius 1 is 1.11 bits per heavy atom. The summed E-state index contributed by atoms with van der Waals surface area (Å²) in [6.45, 7) is 0.255. The summed E-state index contributed by atoms with van der Waals surface area (Å²) in [5.74, 6) is -1.73. The second kappa shape index (κ2) is 10.5. The molecule has 36 heavy (non-hydrogen) atoms. The molecular formula is C21H22N10O5. The number of H-pyrrole nitrogens is 3. The highest BCUT2D eigenvalue weighted by molar-refractivity contribution is 5.99. The highest BCUT2D eigenvalue weighted by Crippen LogP contribution is 2.15. The van der Waals surface area contributed by atoms with E-state index in [1.165, 1.54) is 12.1 Å². The summed E-state index contributed by atoms with van der Waals surface area (Å²) in [4.78, 5) is 57.7. The second-order valence-electron chi connectivity index (χ2n) is 7.84. The van der Waals surface area contributed by atoms with E-state index in [0.29, 0.717) is 23.1 Å². The van der Waals surface area contributed by atoms with Crippen LogP contribution in [0.3, 0.4) is 0 Å². The second-order valence-corrected chi connectivity index (χ2v) is 7.84. The lowest BCUT2D eigenvalue weighted by Crippen LogP contribution is -2.30. The number of aromatic nitrogens is 7. The molecule has 3 aromatic heterocycles. The molecule has 3 heterocycles. The first-order valence-corrected chi connectivity index (χ1v) is 10.8. The van der Waals surface area contributed by atoms with Gasteiger partial charge in [-0.15, -0.1) is 5.10 Å². The van der Waals surface area contributed by atoms with Crippen molar-refractivity contribution in [1.29, 1.82) is 0 Å². The lowest BCUT2D eigenvalue weighted by atomic mass is 10.1. The molecule has 0 aliphatic rings. The highest BCUT2D eigenvalue weighted by atomic mass is 16.4. The van der Waals surface area contributed by atoms with E-state index in [4.69, 9.17) is 10.8 Å². The number of amides is 2. The van der Waals surface area contributed by atoms with Gasteiger partial charge in [0.2, 0.25) is 5.95 Å². The monoisotopic (exact) mass is 494 g/mol. The Labute approximate surface area is 201 Å². The zero-order chi connectivity index (χ0) is 25.7. The number of carbonyl (C=O) groups excluding carboxylic acids is 2. The summed E-state index contributed by atoms with van der Waals surface area (Å²) in [5.41, 5.74) is 6.70. The summed E-state index contributed by atoms with van der Waals surface area (Å²) in [6, 6.07) is 6.96. The molecule has 4 aromatic rings. The molecule has 15 heteroatoms. The fourth-order valence-corrected chi connectivity index (χ4v) is 3.54. The molecule has 0 aliphatic heterocycles. The summed E-state index contributed by atoms with van der Waals surface area (Å²) in [6.07, 6.45) is 0.264. The maximum absolute atomic E-state index is 12.8. The number of anilines is 1. The Morgan fingerprint density at radius 2 is 1.89 bits per heavy atom. The molecule has 15 nitrogen and oxygen atoms in total. The van der Waals surface area contributed by atoms with Gasteiger partial charge in [0, 0.05) is 36.2 Å². The fraction of sp³-hybridized carbons (Fsp3) is 0.238. The van der Waals surface area contributed by atoms with Crippen LogP contribution in [0.15, 0.2) is 35.1 Å². The van der Waals surface area contributed by atoms with Crippen molar-refractivity contribution in [3.8, 4) is 0 Å². The molecule has 0 bridgehead atoms. The van der Waals surface area contributed by atoms with E-state index in [9.17, 15) is 19.2 Å². The number of nitrogen functional groups attached to an aromatic ring is 1. The molecule has 0 unspecified atom stereocenters. The minimum atomic E-state index is -1.03. The van der Waals surface area contributed by atoms with Crippen LogP contribution in [0.2, 0.25) is 0 Å². The normalized spacial score (nSPS) is 11.8. The maximum Gasteiger partial charge on any atom is 0.303 e. The number of hydrogen-bond donors (Lipinski definition) is 7. The summed E-state index contributed by atoms with van der Waals surface area (Å²) >= 11 is 0. The minimum absolute atomic E-state index is 0.00354. The van der Waals surface area contributed by atoms with Gasteiger partial charge in [0.25, 0.3) is 17.4 Å². The van der Waals surface area contributed by atoms with Gasteiger partial charge < -0.3 is 26.5 Å². The summed E-state index contributed by atoms with van der Waals surface area (Å²) in [5, 5.41) is 28.0. The Balaban J connectivity index is 1.37. The Bertz CT molecular complexity index is 1460. The molecule has 0 fully saturated rings. The summed E-state index contributed by atoms with van der Waals surface area (Å²) in [7, 11) is 0. The van der Waals surface area contributed by atoms with Gasteiger partial charge >= 0.3 is 5.97 Å². The van der Waals surface area contributed by atoms with Gasteiger partial charge in [-0.2, -0.15) is 4.98 Å². The van der Waals surface area contributed by atoms with Crippen LogP contribution >= 0.6 is 0 Å². The third-order valence-corrected chi connectivity index (χ3v) is 5.28. The zero-order valence-electron chi connectivity index (χ0n) is 18.7. The van der Waals surface area contributed by atoms with Crippen LogP contribution in [-0.4, -0.2) is 65.0 Å². The standard InChI is InChI=1S/C21H22N10O5/c22-21-26-16-13(20(36)27-21)9-12(24-16)6-7-23-18(34)10-2-1-3-11(8-10)19(35)25-14(4-5-15(32)33)17-28-30-31-29-17/h1-3,8-9,14H,4-7H2,(H,23,34)(H,25,35)(H,32,33)(H,28,29,30,31)(H4,22,24,26,27,36)/t14-/m0/s1. The van der Waals surface area contributed by atoms with Crippen molar-refractivity contribution >= 4 is 34.8 Å². The van der Waals surface area contributed by atoms with E-state index in [-0.39, 0.29) is 47.8 Å². The molecule has 1 atom stereocenters. The van der Waals surface area contributed by atoms with Crippen molar-refractivity contribution < 1.29 is 19.5 Å². The molecule has 0 radical (unpaired) electrons. The number of carboxylic acids is 1. The van der Waals surface area contributed by atoms with E-state index in [0.717, 1.165) is 0 Å². The molecule has 1 aromatic carbocycles.